The van der Waals surface area contributed by atoms with Gasteiger partial charge in [-0.05, 0) is 57.5 Å². The highest BCUT2D eigenvalue weighted by molar-refractivity contribution is 5.95. The number of carbonyl (C=O) groups is 3. The minimum Gasteiger partial charge on any atom is -0.463 e. The zero-order chi connectivity index (χ0) is 27.4. The molecule has 0 saturated carbocycles. The van der Waals surface area contributed by atoms with E-state index in [0.717, 1.165) is 5.56 Å². The lowest BCUT2D eigenvalue weighted by atomic mass is 9.94. The number of nitrogens with one attached hydrogen (secondary N) is 1. The van der Waals surface area contributed by atoms with Crippen molar-refractivity contribution in [3.8, 4) is 0 Å². The minimum atomic E-state index is -0.836. The summed E-state index contributed by atoms with van der Waals surface area (Å²) >= 11 is 0. The van der Waals surface area contributed by atoms with Gasteiger partial charge in [-0.1, -0.05) is 29.8 Å². The number of hydrogen-bond acceptors (Lipinski definition) is 5. The van der Waals surface area contributed by atoms with Gasteiger partial charge in [-0.25, -0.2) is 14.0 Å². The molecule has 2 aliphatic heterocycles. The van der Waals surface area contributed by atoms with E-state index in [1.54, 1.807) is 19.1 Å². The third-order valence-electron chi connectivity index (χ3n) is 7.08. The number of rotatable bonds is 7. The van der Waals surface area contributed by atoms with Crippen LogP contribution in [-0.2, 0) is 9.53 Å². The number of urea groups is 1. The second-order valence-corrected chi connectivity index (χ2v) is 9.71. The molecule has 2 aromatic carbocycles. The molecule has 0 radical (unpaired) electrons. The van der Waals surface area contributed by atoms with Gasteiger partial charge in [0.1, 0.15) is 5.82 Å². The number of hydrogen-bond donors (Lipinski definition) is 1. The van der Waals surface area contributed by atoms with Crippen molar-refractivity contribution in [1.29, 1.82) is 0 Å². The molecule has 3 amide bonds. The highest BCUT2D eigenvalue weighted by Crippen LogP contribution is 2.32. The molecule has 0 aromatic heterocycles. The minimum absolute atomic E-state index is 0.0121. The van der Waals surface area contributed by atoms with Crippen molar-refractivity contribution in [2.45, 2.75) is 39.8 Å². The van der Waals surface area contributed by atoms with Crippen molar-refractivity contribution in [3.05, 3.63) is 82.3 Å². The van der Waals surface area contributed by atoms with Crippen LogP contribution in [-0.4, -0.2) is 78.0 Å². The summed E-state index contributed by atoms with van der Waals surface area (Å²) in [7, 11) is 0. The second-order valence-electron chi connectivity index (χ2n) is 9.71. The Morgan fingerprint density at radius 3 is 2.47 bits per heavy atom. The standard InChI is InChI=1S/C29H35FN4O4/c1-5-33-24(18-32-14-15-34(20(4)17-32)27(35)21-12-10-19(3)11-13-21)25(28(36)38-6-2)26(31-29(33)37)22-8-7-9-23(30)16-22/h7-13,16,20,26H,5-6,14-15,17-18H2,1-4H3,(H,31,37)/t20-,26+/m1/s1. The lowest BCUT2D eigenvalue weighted by Gasteiger charge is -2.43. The van der Waals surface area contributed by atoms with Crippen molar-refractivity contribution in [2.24, 2.45) is 0 Å². The summed E-state index contributed by atoms with van der Waals surface area (Å²) < 4.78 is 19.5. The van der Waals surface area contributed by atoms with Gasteiger partial charge in [-0.15, -0.1) is 0 Å². The van der Waals surface area contributed by atoms with Gasteiger partial charge < -0.3 is 15.0 Å². The Balaban J connectivity index is 1.62. The molecule has 202 valence electrons. The normalized spacial score (nSPS) is 20.4. The van der Waals surface area contributed by atoms with Crippen LogP contribution in [0.5, 0.6) is 0 Å². The summed E-state index contributed by atoms with van der Waals surface area (Å²) in [6.45, 7) is 10.0. The lowest BCUT2D eigenvalue weighted by Crippen LogP contribution is -2.56. The number of piperazine rings is 1. The molecule has 1 N–H and O–H groups in total. The molecule has 0 spiro atoms. The number of esters is 1. The number of ether oxygens (including phenoxy) is 1. The quantitative estimate of drug-likeness (QED) is 0.558. The average molecular weight is 523 g/mol. The highest BCUT2D eigenvalue weighted by atomic mass is 19.1. The highest BCUT2D eigenvalue weighted by Gasteiger charge is 2.39. The molecule has 0 unspecified atom stereocenters. The summed E-state index contributed by atoms with van der Waals surface area (Å²) in [6.07, 6.45) is 0. The molecular weight excluding hydrogens is 487 g/mol. The molecule has 0 aliphatic carbocycles. The topological polar surface area (TPSA) is 82.2 Å². The zero-order valence-electron chi connectivity index (χ0n) is 22.4. The van der Waals surface area contributed by atoms with E-state index in [9.17, 15) is 18.8 Å². The van der Waals surface area contributed by atoms with Crippen molar-refractivity contribution >= 4 is 17.9 Å². The maximum atomic E-state index is 14.1. The Morgan fingerprint density at radius 2 is 1.84 bits per heavy atom. The van der Waals surface area contributed by atoms with Gasteiger partial charge in [0, 0.05) is 50.0 Å². The van der Waals surface area contributed by atoms with Crippen molar-refractivity contribution in [1.82, 2.24) is 20.0 Å². The maximum Gasteiger partial charge on any atom is 0.338 e. The van der Waals surface area contributed by atoms with Gasteiger partial charge in [0.2, 0.25) is 0 Å². The van der Waals surface area contributed by atoms with Gasteiger partial charge in [0.15, 0.2) is 0 Å². The third kappa shape index (κ3) is 5.72. The summed E-state index contributed by atoms with van der Waals surface area (Å²) in [5.74, 6) is -1.01. The fourth-order valence-electron chi connectivity index (χ4n) is 5.15. The van der Waals surface area contributed by atoms with Crippen LogP contribution in [0.3, 0.4) is 0 Å². The first-order chi connectivity index (χ1) is 18.2. The smallest absolute Gasteiger partial charge is 0.338 e. The third-order valence-corrected chi connectivity index (χ3v) is 7.08. The van der Waals surface area contributed by atoms with Crippen LogP contribution in [0.4, 0.5) is 9.18 Å². The SMILES string of the molecule is CCOC(=O)C1=C(CN2CCN(C(=O)c3ccc(C)cc3)[C@H](C)C2)N(CC)C(=O)N[C@H]1c1cccc(F)c1. The first kappa shape index (κ1) is 27.3. The summed E-state index contributed by atoms with van der Waals surface area (Å²) in [5, 5.41) is 2.86. The van der Waals surface area contributed by atoms with Crippen LogP contribution in [0.25, 0.3) is 0 Å². The Morgan fingerprint density at radius 1 is 1.11 bits per heavy atom. The van der Waals surface area contributed by atoms with Crippen LogP contribution in [0, 0.1) is 12.7 Å². The molecule has 2 atom stereocenters. The van der Waals surface area contributed by atoms with Crippen LogP contribution in [0.1, 0.15) is 48.3 Å². The molecule has 2 aromatic rings. The number of amides is 3. The molecule has 1 fully saturated rings. The first-order valence-electron chi connectivity index (χ1n) is 13.1. The molecule has 8 nitrogen and oxygen atoms in total. The van der Waals surface area contributed by atoms with Gasteiger partial charge >= 0.3 is 12.0 Å². The summed E-state index contributed by atoms with van der Waals surface area (Å²) in [6, 6.07) is 12.2. The molecular formula is C29H35FN4O4. The fourth-order valence-corrected chi connectivity index (χ4v) is 5.15. The second kappa shape index (κ2) is 11.8. The Kier molecular flexibility index (Phi) is 8.46. The zero-order valence-corrected chi connectivity index (χ0v) is 22.4. The fraction of sp³-hybridized carbons (Fsp3) is 0.414. The number of carbonyl (C=O) groups excluding carboxylic acids is 3. The van der Waals surface area contributed by atoms with Gasteiger partial charge in [0.25, 0.3) is 5.91 Å². The van der Waals surface area contributed by atoms with E-state index >= 15 is 0 Å². The summed E-state index contributed by atoms with van der Waals surface area (Å²) in [4.78, 5) is 45.1. The van der Waals surface area contributed by atoms with Crippen LogP contribution >= 0.6 is 0 Å². The molecule has 9 heteroatoms. The largest absolute Gasteiger partial charge is 0.463 e. The number of nitrogens with zero attached hydrogens (tertiary/aromatic N) is 3. The van der Waals surface area contributed by atoms with Gasteiger partial charge in [0.05, 0.1) is 18.2 Å². The van der Waals surface area contributed by atoms with E-state index in [-0.39, 0.29) is 24.6 Å². The Labute approximate surface area is 223 Å². The van der Waals surface area contributed by atoms with E-state index < -0.39 is 17.8 Å². The molecule has 2 heterocycles. The Hall–Kier alpha value is -3.72. The van der Waals surface area contributed by atoms with Crippen molar-refractivity contribution in [2.75, 3.05) is 39.3 Å². The lowest BCUT2D eigenvalue weighted by molar-refractivity contribution is -0.139. The molecule has 1 saturated heterocycles. The molecule has 2 aliphatic rings. The number of likely N-dealkylation sites (N-methyl/N-ethyl adjacent to an activating group) is 1. The van der Waals surface area contributed by atoms with E-state index in [0.29, 0.717) is 55.1 Å². The van der Waals surface area contributed by atoms with E-state index in [4.69, 9.17) is 4.74 Å². The Bertz CT molecular complexity index is 1230. The van der Waals surface area contributed by atoms with Crippen LogP contribution < -0.4 is 5.32 Å². The van der Waals surface area contributed by atoms with E-state index in [1.165, 1.54) is 17.0 Å². The van der Waals surface area contributed by atoms with Gasteiger partial charge in [-0.2, -0.15) is 0 Å². The molecule has 4 rings (SSSR count). The predicted molar refractivity (Wildman–Crippen MR) is 142 cm³/mol. The molecule has 38 heavy (non-hydrogen) atoms. The van der Waals surface area contributed by atoms with Crippen LogP contribution in [0.2, 0.25) is 0 Å². The van der Waals surface area contributed by atoms with E-state index in [2.05, 4.69) is 10.2 Å². The van der Waals surface area contributed by atoms with Crippen molar-refractivity contribution in [3.63, 3.8) is 0 Å². The van der Waals surface area contributed by atoms with Crippen molar-refractivity contribution < 1.29 is 23.5 Å². The predicted octanol–water partition coefficient (Wildman–Crippen LogP) is 3.88. The summed E-state index contributed by atoms with van der Waals surface area (Å²) in [5.41, 5.74) is 3.05. The van der Waals surface area contributed by atoms with Crippen LogP contribution in [0.15, 0.2) is 59.8 Å². The number of aryl methyl sites for hydroxylation is 1. The monoisotopic (exact) mass is 522 g/mol. The number of benzene rings is 2. The first-order valence-corrected chi connectivity index (χ1v) is 13.1. The average Bonchev–Trinajstić information content (AvgIpc) is 2.89. The maximum absolute atomic E-state index is 14.1. The van der Waals surface area contributed by atoms with E-state index in [1.807, 2.05) is 49.9 Å². The van der Waals surface area contributed by atoms with Gasteiger partial charge in [-0.3, -0.25) is 14.6 Å². The number of halogens is 1. The molecule has 0 bridgehead atoms.